The smallest absolute Gasteiger partial charge is 0.225 e. The Balaban J connectivity index is 2.38. The third kappa shape index (κ3) is 6.42. The summed E-state index contributed by atoms with van der Waals surface area (Å²) in [6.45, 7) is 0.892. The standard InChI is InChI=1S/C13H19N3O3/c1-15-8-6-13(18)16-10-2-4-11(5-3-10)19-9-7-12(14)17/h2-5,15H,6-9H2,1H3,(H2,14,17)(H,16,18). The van der Waals surface area contributed by atoms with Gasteiger partial charge in [-0.1, -0.05) is 0 Å². The first-order valence-corrected chi connectivity index (χ1v) is 6.07. The van der Waals surface area contributed by atoms with Crippen molar-refractivity contribution >= 4 is 17.5 Å². The van der Waals surface area contributed by atoms with Gasteiger partial charge in [0.05, 0.1) is 13.0 Å². The van der Waals surface area contributed by atoms with Gasteiger partial charge in [0.15, 0.2) is 0 Å². The second-order valence-corrected chi connectivity index (χ2v) is 3.99. The van der Waals surface area contributed by atoms with Crippen LogP contribution in [0.3, 0.4) is 0 Å². The number of hydrogen-bond acceptors (Lipinski definition) is 4. The molecule has 0 heterocycles. The third-order valence-corrected chi connectivity index (χ3v) is 2.36. The minimum atomic E-state index is -0.395. The Morgan fingerprint density at radius 1 is 1.21 bits per heavy atom. The van der Waals surface area contributed by atoms with Crippen molar-refractivity contribution in [2.24, 2.45) is 5.73 Å². The van der Waals surface area contributed by atoms with Crippen molar-refractivity contribution in [3.05, 3.63) is 24.3 Å². The summed E-state index contributed by atoms with van der Waals surface area (Å²) in [4.78, 5) is 22.0. The van der Waals surface area contributed by atoms with Crippen LogP contribution in [0, 0.1) is 0 Å². The van der Waals surface area contributed by atoms with Gasteiger partial charge in [0, 0.05) is 18.7 Å². The molecule has 0 unspecified atom stereocenters. The van der Waals surface area contributed by atoms with Crippen molar-refractivity contribution in [3.63, 3.8) is 0 Å². The van der Waals surface area contributed by atoms with Gasteiger partial charge in [0.1, 0.15) is 5.75 Å². The van der Waals surface area contributed by atoms with Gasteiger partial charge in [-0.2, -0.15) is 0 Å². The number of carbonyl (C=O) groups is 2. The maximum absolute atomic E-state index is 11.5. The number of rotatable bonds is 8. The quantitative estimate of drug-likeness (QED) is 0.637. The Hall–Kier alpha value is -2.08. The number of benzene rings is 1. The van der Waals surface area contributed by atoms with Crippen LogP contribution in [0.4, 0.5) is 5.69 Å². The number of hydrogen-bond donors (Lipinski definition) is 3. The first kappa shape index (κ1) is 15.0. The van der Waals surface area contributed by atoms with E-state index in [9.17, 15) is 9.59 Å². The second kappa shape index (κ2) is 8.10. The van der Waals surface area contributed by atoms with E-state index in [1.165, 1.54) is 0 Å². The van der Waals surface area contributed by atoms with E-state index in [1.807, 2.05) is 0 Å². The number of anilines is 1. The molecule has 0 radical (unpaired) electrons. The summed E-state index contributed by atoms with van der Waals surface area (Å²) in [7, 11) is 1.80. The summed E-state index contributed by atoms with van der Waals surface area (Å²) < 4.78 is 5.32. The molecule has 0 fully saturated rings. The van der Waals surface area contributed by atoms with Crippen LogP contribution < -0.4 is 21.1 Å². The van der Waals surface area contributed by atoms with Crippen LogP contribution in [-0.2, 0) is 9.59 Å². The van der Waals surface area contributed by atoms with Crippen molar-refractivity contribution in [3.8, 4) is 5.75 Å². The zero-order chi connectivity index (χ0) is 14.1. The molecule has 0 saturated carbocycles. The van der Waals surface area contributed by atoms with E-state index in [2.05, 4.69) is 10.6 Å². The lowest BCUT2D eigenvalue weighted by molar-refractivity contribution is -0.118. The van der Waals surface area contributed by atoms with Crippen LogP contribution in [-0.4, -0.2) is 32.0 Å². The molecule has 104 valence electrons. The molecule has 4 N–H and O–H groups in total. The summed E-state index contributed by atoms with van der Waals surface area (Å²) in [6.07, 6.45) is 0.607. The topological polar surface area (TPSA) is 93.4 Å². The molecule has 1 aromatic rings. The monoisotopic (exact) mass is 265 g/mol. The number of ether oxygens (including phenoxy) is 1. The minimum Gasteiger partial charge on any atom is -0.493 e. The predicted molar refractivity (Wildman–Crippen MR) is 72.9 cm³/mol. The Morgan fingerprint density at radius 3 is 2.47 bits per heavy atom. The van der Waals surface area contributed by atoms with E-state index in [1.54, 1.807) is 31.3 Å². The van der Waals surface area contributed by atoms with Gasteiger partial charge in [-0.25, -0.2) is 0 Å². The molecule has 0 aromatic heterocycles. The largest absolute Gasteiger partial charge is 0.493 e. The van der Waals surface area contributed by atoms with Crippen molar-refractivity contribution in [1.82, 2.24) is 5.32 Å². The SMILES string of the molecule is CNCCC(=O)Nc1ccc(OCCC(N)=O)cc1. The number of carbonyl (C=O) groups excluding carboxylic acids is 2. The van der Waals surface area contributed by atoms with Gasteiger partial charge in [-0.15, -0.1) is 0 Å². The van der Waals surface area contributed by atoms with Gasteiger partial charge >= 0.3 is 0 Å². The maximum Gasteiger partial charge on any atom is 0.225 e. The highest BCUT2D eigenvalue weighted by Crippen LogP contribution is 2.15. The second-order valence-electron chi connectivity index (χ2n) is 3.99. The summed E-state index contributed by atoms with van der Waals surface area (Å²) in [6, 6.07) is 6.96. The molecule has 0 aliphatic heterocycles. The Bertz CT molecular complexity index is 418. The molecule has 0 saturated heterocycles. The van der Waals surface area contributed by atoms with E-state index in [0.717, 1.165) is 0 Å². The number of amides is 2. The van der Waals surface area contributed by atoms with Gasteiger partial charge in [0.2, 0.25) is 11.8 Å². The molecule has 6 heteroatoms. The highest BCUT2D eigenvalue weighted by Gasteiger charge is 2.02. The van der Waals surface area contributed by atoms with Crippen molar-refractivity contribution in [2.75, 3.05) is 25.5 Å². The molecule has 0 bridgehead atoms. The Kier molecular flexibility index (Phi) is 6.38. The maximum atomic E-state index is 11.5. The van der Waals surface area contributed by atoms with Crippen LogP contribution in [0.15, 0.2) is 24.3 Å². The molecule has 0 spiro atoms. The zero-order valence-corrected chi connectivity index (χ0v) is 10.9. The molecule has 6 nitrogen and oxygen atoms in total. The average molecular weight is 265 g/mol. The molecular weight excluding hydrogens is 246 g/mol. The van der Waals surface area contributed by atoms with Crippen molar-refractivity contribution in [1.29, 1.82) is 0 Å². The number of nitrogens with two attached hydrogens (primary N) is 1. The van der Waals surface area contributed by atoms with Crippen LogP contribution in [0.2, 0.25) is 0 Å². The van der Waals surface area contributed by atoms with Crippen molar-refractivity contribution in [2.45, 2.75) is 12.8 Å². The molecular formula is C13H19N3O3. The molecule has 1 aromatic carbocycles. The number of nitrogens with one attached hydrogen (secondary N) is 2. The van der Waals surface area contributed by atoms with Crippen LogP contribution in [0.25, 0.3) is 0 Å². The van der Waals surface area contributed by atoms with E-state index in [0.29, 0.717) is 24.4 Å². The van der Waals surface area contributed by atoms with E-state index < -0.39 is 5.91 Å². The fraction of sp³-hybridized carbons (Fsp3) is 0.385. The van der Waals surface area contributed by atoms with Gasteiger partial charge in [0.25, 0.3) is 0 Å². The summed E-state index contributed by atoms with van der Waals surface area (Å²) >= 11 is 0. The van der Waals surface area contributed by atoms with Crippen LogP contribution in [0.1, 0.15) is 12.8 Å². The first-order valence-electron chi connectivity index (χ1n) is 6.07. The third-order valence-electron chi connectivity index (χ3n) is 2.36. The fourth-order valence-corrected chi connectivity index (χ4v) is 1.37. The lowest BCUT2D eigenvalue weighted by Crippen LogP contribution is -2.18. The predicted octanol–water partition coefficient (Wildman–Crippen LogP) is 0.489. The van der Waals surface area contributed by atoms with Gasteiger partial charge in [-0.3, -0.25) is 9.59 Å². The molecule has 0 aliphatic rings. The fourth-order valence-electron chi connectivity index (χ4n) is 1.37. The Labute approximate surface area is 112 Å². The number of primary amides is 1. The minimum absolute atomic E-state index is 0.0447. The summed E-state index contributed by atoms with van der Waals surface area (Å²) in [5.74, 6) is 0.194. The van der Waals surface area contributed by atoms with Gasteiger partial charge in [-0.05, 0) is 31.3 Å². The lowest BCUT2D eigenvalue weighted by Gasteiger charge is -2.07. The normalized spacial score (nSPS) is 9.95. The van der Waals surface area contributed by atoms with E-state index in [4.69, 9.17) is 10.5 Å². The van der Waals surface area contributed by atoms with Crippen molar-refractivity contribution < 1.29 is 14.3 Å². The summed E-state index contributed by atoms with van der Waals surface area (Å²) in [5.41, 5.74) is 5.72. The molecule has 19 heavy (non-hydrogen) atoms. The van der Waals surface area contributed by atoms with E-state index >= 15 is 0 Å². The lowest BCUT2D eigenvalue weighted by atomic mass is 10.3. The highest BCUT2D eigenvalue weighted by molar-refractivity contribution is 5.90. The average Bonchev–Trinajstić information content (AvgIpc) is 2.38. The van der Waals surface area contributed by atoms with E-state index in [-0.39, 0.29) is 18.9 Å². The molecule has 0 aliphatic carbocycles. The molecule has 2 amide bonds. The summed E-state index contributed by atoms with van der Waals surface area (Å²) in [5, 5.41) is 5.68. The molecule has 0 atom stereocenters. The molecule has 1 rings (SSSR count). The van der Waals surface area contributed by atoms with Crippen LogP contribution in [0.5, 0.6) is 5.75 Å². The first-order chi connectivity index (χ1) is 9.11. The highest BCUT2D eigenvalue weighted by atomic mass is 16.5. The van der Waals surface area contributed by atoms with Crippen LogP contribution >= 0.6 is 0 Å². The zero-order valence-electron chi connectivity index (χ0n) is 10.9. The Morgan fingerprint density at radius 2 is 1.89 bits per heavy atom. The van der Waals surface area contributed by atoms with Gasteiger partial charge < -0.3 is 21.1 Å².